The SMILES string of the molecule is CC(CC#N)N(C)C(=O)Nc1ccc(CCN2CCCCC2)cc1. The predicted molar refractivity (Wildman–Crippen MR) is 96.9 cm³/mol. The standard InChI is InChI=1S/C19H28N4O/c1-16(10-12-20)22(2)19(24)21-18-8-6-17(7-9-18)11-15-23-13-4-3-5-14-23/h6-9,16H,3-5,10-11,13-15H2,1-2H3,(H,21,24). The lowest BCUT2D eigenvalue weighted by molar-refractivity contribution is 0.208. The van der Waals surface area contributed by atoms with Crippen molar-refractivity contribution < 1.29 is 4.79 Å². The Morgan fingerprint density at radius 1 is 1.29 bits per heavy atom. The highest BCUT2D eigenvalue weighted by Gasteiger charge is 2.15. The third-order valence-electron chi connectivity index (χ3n) is 4.74. The first-order chi connectivity index (χ1) is 11.6. The molecule has 0 saturated carbocycles. The lowest BCUT2D eigenvalue weighted by atomic mass is 10.1. The van der Waals surface area contributed by atoms with E-state index in [2.05, 4.69) is 28.4 Å². The van der Waals surface area contributed by atoms with E-state index in [4.69, 9.17) is 5.26 Å². The number of rotatable bonds is 6. The average Bonchev–Trinajstić information content (AvgIpc) is 2.61. The molecule has 1 aromatic rings. The normalized spacial score (nSPS) is 16.2. The molecule has 24 heavy (non-hydrogen) atoms. The highest BCUT2D eigenvalue weighted by Crippen LogP contribution is 2.14. The third-order valence-corrected chi connectivity index (χ3v) is 4.74. The molecule has 1 heterocycles. The van der Waals surface area contributed by atoms with Gasteiger partial charge >= 0.3 is 6.03 Å². The zero-order valence-corrected chi connectivity index (χ0v) is 14.8. The number of benzene rings is 1. The number of nitrogens with zero attached hydrogens (tertiary/aromatic N) is 3. The monoisotopic (exact) mass is 328 g/mol. The topological polar surface area (TPSA) is 59.4 Å². The number of nitriles is 1. The molecule has 2 rings (SSSR count). The maximum Gasteiger partial charge on any atom is 0.321 e. The van der Waals surface area contributed by atoms with Crippen LogP contribution in [-0.2, 0) is 6.42 Å². The van der Waals surface area contributed by atoms with Crippen molar-refractivity contribution in [3.05, 3.63) is 29.8 Å². The molecule has 0 spiro atoms. The van der Waals surface area contributed by atoms with Crippen molar-refractivity contribution in [2.75, 3.05) is 32.0 Å². The molecule has 0 radical (unpaired) electrons. The van der Waals surface area contributed by atoms with Crippen molar-refractivity contribution in [1.29, 1.82) is 5.26 Å². The van der Waals surface area contributed by atoms with Crippen molar-refractivity contribution in [2.45, 2.75) is 45.1 Å². The van der Waals surface area contributed by atoms with Crippen LogP contribution in [0.2, 0.25) is 0 Å². The van der Waals surface area contributed by atoms with Crippen LogP contribution in [0.15, 0.2) is 24.3 Å². The van der Waals surface area contributed by atoms with Gasteiger partial charge in [0.2, 0.25) is 0 Å². The van der Waals surface area contributed by atoms with Gasteiger partial charge in [0.25, 0.3) is 0 Å². The number of hydrogen-bond acceptors (Lipinski definition) is 3. The van der Waals surface area contributed by atoms with Crippen molar-refractivity contribution in [3.8, 4) is 6.07 Å². The summed E-state index contributed by atoms with van der Waals surface area (Å²) in [6.07, 6.45) is 5.39. The van der Waals surface area contributed by atoms with Crippen LogP contribution < -0.4 is 5.32 Å². The molecule has 1 fully saturated rings. The molecule has 0 aromatic heterocycles. The van der Waals surface area contributed by atoms with Crippen LogP contribution in [0.1, 0.15) is 38.2 Å². The van der Waals surface area contributed by atoms with E-state index in [0.29, 0.717) is 6.42 Å². The van der Waals surface area contributed by atoms with Crippen LogP contribution in [0.4, 0.5) is 10.5 Å². The van der Waals surface area contributed by atoms with Crippen LogP contribution in [0.25, 0.3) is 0 Å². The molecular formula is C19H28N4O. The molecule has 1 unspecified atom stereocenters. The van der Waals surface area contributed by atoms with E-state index in [1.165, 1.54) is 37.9 Å². The minimum Gasteiger partial charge on any atom is -0.324 e. The zero-order valence-electron chi connectivity index (χ0n) is 14.8. The van der Waals surface area contributed by atoms with Crippen molar-refractivity contribution >= 4 is 11.7 Å². The summed E-state index contributed by atoms with van der Waals surface area (Å²) < 4.78 is 0. The molecule has 1 aliphatic heterocycles. The molecule has 130 valence electrons. The summed E-state index contributed by atoms with van der Waals surface area (Å²) in [4.78, 5) is 16.2. The summed E-state index contributed by atoms with van der Waals surface area (Å²) in [6, 6.07) is 9.87. The van der Waals surface area contributed by atoms with Crippen LogP contribution in [0, 0.1) is 11.3 Å². The van der Waals surface area contributed by atoms with Crippen molar-refractivity contribution in [3.63, 3.8) is 0 Å². The third kappa shape index (κ3) is 5.54. The molecule has 5 nitrogen and oxygen atoms in total. The molecule has 1 atom stereocenters. The van der Waals surface area contributed by atoms with Gasteiger partial charge in [0.15, 0.2) is 0 Å². The summed E-state index contributed by atoms with van der Waals surface area (Å²) >= 11 is 0. The van der Waals surface area contributed by atoms with Gasteiger partial charge in [0.1, 0.15) is 0 Å². The summed E-state index contributed by atoms with van der Waals surface area (Å²) in [7, 11) is 1.71. The second-order valence-electron chi connectivity index (χ2n) is 6.60. The van der Waals surface area contributed by atoms with E-state index >= 15 is 0 Å². The highest BCUT2D eigenvalue weighted by atomic mass is 16.2. The van der Waals surface area contributed by atoms with E-state index < -0.39 is 0 Å². The molecule has 0 aliphatic carbocycles. The highest BCUT2D eigenvalue weighted by molar-refractivity contribution is 5.89. The minimum absolute atomic E-state index is 0.0983. The van der Waals surface area contributed by atoms with Gasteiger partial charge in [-0.05, 0) is 57.0 Å². The number of anilines is 1. The summed E-state index contributed by atoms with van der Waals surface area (Å²) in [5.74, 6) is 0. The van der Waals surface area contributed by atoms with Gasteiger partial charge < -0.3 is 15.1 Å². The molecule has 1 aromatic carbocycles. The number of carbonyl (C=O) groups excluding carboxylic acids is 1. The minimum atomic E-state index is -0.182. The van der Waals surface area contributed by atoms with Crippen molar-refractivity contribution in [1.82, 2.24) is 9.80 Å². The second kappa shape index (κ2) is 9.29. The fourth-order valence-corrected chi connectivity index (χ4v) is 2.91. The number of nitrogens with one attached hydrogen (secondary N) is 1. The Kier molecular flexibility index (Phi) is 7.07. The number of piperidine rings is 1. The molecule has 1 saturated heterocycles. The van der Waals surface area contributed by atoms with E-state index in [0.717, 1.165) is 18.7 Å². The maximum absolute atomic E-state index is 12.1. The number of hydrogen-bond donors (Lipinski definition) is 1. The average molecular weight is 328 g/mol. The van der Waals surface area contributed by atoms with Crippen LogP contribution in [0.5, 0.6) is 0 Å². The maximum atomic E-state index is 12.1. The number of likely N-dealkylation sites (tertiary alicyclic amines) is 1. The summed E-state index contributed by atoms with van der Waals surface area (Å²) in [5.41, 5.74) is 2.09. The first kappa shape index (κ1) is 18.3. The van der Waals surface area contributed by atoms with Crippen molar-refractivity contribution in [2.24, 2.45) is 0 Å². The summed E-state index contributed by atoms with van der Waals surface area (Å²) in [6.45, 7) is 5.43. The lowest BCUT2D eigenvalue weighted by Gasteiger charge is -2.26. The number of carbonyl (C=O) groups is 1. The van der Waals surface area contributed by atoms with E-state index in [-0.39, 0.29) is 12.1 Å². The molecule has 2 amide bonds. The van der Waals surface area contributed by atoms with E-state index in [1.807, 2.05) is 19.1 Å². The Morgan fingerprint density at radius 3 is 2.58 bits per heavy atom. The first-order valence-electron chi connectivity index (χ1n) is 8.82. The van der Waals surface area contributed by atoms with Gasteiger partial charge in [0.05, 0.1) is 12.5 Å². The molecule has 0 bridgehead atoms. The molecular weight excluding hydrogens is 300 g/mol. The lowest BCUT2D eigenvalue weighted by Crippen LogP contribution is -2.38. The zero-order chi connectivity index (χ0) is 17.4. The fraction of sp³-hybridized carbons (Fsp3) is 0.579. The Hall–Kier alpha value is -2.06. The Labute approximate surface area is 145 Å². The van der Waals surface area contributed by atoms with Gasteiger partial charge in [-0.2, -0.15) is 5.26 Å². The number of amides is 2. The summed E-state index contributed by atoms with van der Waals surface area (Å²) in [5, 5.41) is 11.6. The van der Waals surface area contributed by atoms with Crippen LogP contribution >= 0.6 is 0 Å². The van der Waals surface area contributed by atoms with Gasteiger partial charge in [-0.3, -0.25) is 0 Å². The predicted octanol–water partition coefficient (Wildman–Crippen LogP) is 3.48. The molecule has 5 heteroatoms. The molecule has 1 N–H and O–H groups in total. The largest absolute Gasteiger partial charge is 0.324 e. The van der Waals surface area contributed by atoms with E-state index in [1.54, 1.807) is 11.9 Å². The quantitative estimate of drug-likeness (QED) is 0.869. The van der Waals surface area contributed by atoms with Gasteiger partial charge in [0, 0.05) is 25.3 Å². The number of urea groups is 1. The Balaban J connectivity index is 1.80. The van der Waals surface area contributed by atoms with Crippen LogP contribution in [0.3, 0.4) is 0 Å². The second-order valence-corrected chi connectivity index (χ2v) is 6.60. The van der Waals surface area contributed by atoms with Crippen LogP contribution in [-0.4, -0.2) is 48.6 Å². The van der Waals surface area contributed by atoms with Gasteiger partial charge in [-0.15, -0.1) is 0 Å². The van der Waals surface area contributed by atoms with Gasteiger partial charge in [-0.1, -0.05) is 18.6 Å². The van der Waals surface area contributed by atoms with E-state index in [9.17, 15) is 4.79 Å². The first-order valence-corrected chi connectivity index (χ1v) is 8.82. The molecule has 1 aliphatic rings. The van der Waals surface area contributed by atoms with Gasteiger partial charge in [-0.25, -0.2) is 4.79 Å². The fourth-order valence-electron chi connectivity index (χ4n) is 2.91. The smallest absolute Gasteiger partial charge is 0.321 e. The Bertz CT molecular complexity index is 558. The Morgan fingerprint density at radius 2 is 1.96 bits per heavy atom.